The number of rotatable bonds is 4. The van der Waals surface area contributed by atoms with E-state index in [2.05, 4.69) is 0 Å². The number of carbonyl (C=O) groups is 4. The van der Waals surface area contributed by atoms with Gasteiger partial charge in [0, 0.05) is 0 Å². The monoisotopic (exact) mass is 342 g/mol. The lowest BCUT2D eigenvalue weighted by Crippen LogP contribution is -2.16. The molecule has 0 aromatic heterocycles. The van der Waals surface area contributed by atoms with Gasteiger partial charge in [0.05, 0.1) is 22.3 Å². The third-order valence-electron chi connectivity index (χ3n) is 3.64. The number of esters is 2. The van der Waals surface area contributed by atoms with Gasteiger partial charge in [0.1, 0.15) is 0 Å². The fourth-order valence-electron chi connectivity index (χ4n) is 2.37. The van der Waals surface area contributed by atoms with Gasteiger partial charge in [-0.05, 0) is 49.2 Å². The molecule has 0 unspecified atom stereocenters. The van der Waals surface area contributed by atoms with E-state index in [1.165, 1.54) is 37.3 Å². The fourth-order valence-corrected chi connectivity index (χ4v) is 2.37. The van der Waals surface area contributed by atoms with Crippen LogP contribution in [0.2, 0.25) is 0 Å². The average Bonchev–Trinajstić information content (AvgIpc) is 2.54. The van der Waals surface area contributed by atoms with E-state index < -0.39 is 23.9 Å². The van der Waals surface area contributed by atoms with Crippen molar-refractivity contribution in [2.24, 2.45) is 0 Å². The van der Waals surface area contributed by atoms with Crippen molar-refractivity contribution in [3.63, 3.8) is 0 Å². The van der Waals surface area contributed by atoms with Crippen LogP contribution in [0.3, 0.4) is 0 Å². The highest BCUT2D eigenvalue weighted by Crippen LogP contribution is 2.20. The van der Waals surface area contributed by atoms with Crippen molar-refractivity contribution >= 4 is 23.9 Å². The van der Waals surface area contributed by atoms with Crippen LogP contribution in [0.1, 0.15) is 52.6 Å². The number of benzene rings is 2. The molecular formula is C18H14O7. The summed E-state index contributed by atoms with van der Waals surface area (Å²) in [6, 6.07) is 7.87. The minimum absolute atomic E-state index is 0.0326. The number of aromatic carboxylic acids is 2. The Kier molecular flexibility index (Phi) is 4.97. The Morgan fingerprint density at radius 3 is 2.08 bits per heavy atom. The van der Waals surface area contributed by atoms with Crippen LogP contribution in [0, 0.1) is 13.8 Å². The van der Waals surface area contributed by atoms with Crippen LogP contribution >= 0.6 is 0 Å². The highest BCUT2D eigenvalue weighted by Gasteiger charge is 2.22. The molecule has 2 N–H and O–H groups in total. The van der Waals surface area contributed by atoms with E-state index >= 15 is 0 Å². The van der Waals surface area contributed by atoms with E-state index in [9.17, 15) is 24.3 Å². The molecule has 0 saturated carbocycles. The van der Waals surface area contributed by atoms with E-state index in [0.717, 1.165) is 6.07 Å². The molecule has 0 spiro atoms. The molecule has 2 aromatic rings. The Balaban J connectivity index is 2.30. The number of carbonyl (C=O) groups excluding carboxylic acids is 2. The van der Waals surface area contributed by atoms with E-state index in [1.54, 1.807) is 6.92 Å². The standard InChI is InChI=1S/C18H14O7/c1-9-6-7-13(10(2)14(9)16(21)22)18(24)25-17(23)12-5-3-4-11(8-12)15(19)20/h3-8H,1-2H3,(H,19,20)(H,21,22). The number of hydrogen-bond donors (Lipinski definition) is 2. The van der Waals surface area contributed by atoms with Crippen molar-refractivity contribution in [2.75, 3.05) is 0 Å². The predicted molar refractivity (Wildman–Crippen MR) is 86.0 cm³/mol. The Bertz CT molecular complexity index is 896. The van der Waals surface area contributed by atoms with Gasteiger partial charge < -0.3 is 14.9 Å². The van der Waals surface area contributed by atoms with Crippen LogP contribution in [-0.2, 0) is 4.74 Å². The van der Waals surface area contributed by atoms with Gasteiger partial charge in [0.15, 0.2) is 0 Å². The molecule has 0 heterocycles. The summed E-state index contributed by atoms with van der Waals surface area (Å²) in [6.45, 7) is 3.04. The quantitative estimate of drug-likeness (QED) is 0.648. The normalized spacial score (nSPS) is 10.2. The Labute approximate surface area is 142 Å². The molecular weight excluding hydrogens is 328 g/mol. The number of ether oxygens (including phenoxy) is 1. The molecule has 0 aliphatic rings. The lowest BCUT2D eigenvalue weighted by Gasteiger charge is -2.10. The van der Waals surface area contributed by atoms with Gasteiger partial charge in [-0.15, -0.1) is 0 Å². The second kappa shape index (κ2) is 6.96. The SMILES string of the molecule is Cc1ccc(C(=O)OC(=O)c2cccc(C(=O)O)c2)c(C)c1C(=O)O. The van der Waals surface area contributed by atoms with Gasteiger partial charge in [0.2, 0.25) is 0 Å². The van der Waals surface area contributed by atoms with Gasteiger partial charge >= 0.3 is 23.9 Å². The molecule has 0 atom stereocenters. The first-order valence-corrected chi connectivity index (χ1v) is 7.15. The van der Waals surface area contributed by atoms with Crippen molar-refractivity contribution < 1.29 is 34.1 Å². The van der Waals surface area contributed by atoms with Crippen molar-refractivity contribution in [1.29, 1.82) is 0 Å². The maximum atomic E-state index is 12.2. The first-order valence-electron chi connectivity index (χ1n) is 7.15. The highest BCUT2D eigenvalue weighted by molar-refractivity contribution is 6.05. The smallest absolute Gasteiger partial charge is 0.346 e. The van der Waals surface area contributed by atoms with Crippen LogP contribution in [0.4, 0.5) is 0 Å². The Morgan fingerprint density at radius 2 is 1.48 bits per heavy atom. The largest absolute Gasteiger partial charge is 0.478 e. The predicted octanol–water partition coefficient (Wildman–Crippen LogP) is 2.70. The molecule has 0 amide bonds. The average molecular weight is 342 g/mol. The van der Waals surface area contributed by atoms with Crippen LogP contribution < -0.4 is 0 Å². The summed E-state index contributed by atoms with van der Waals surface area (Å²) < 4.78 is 4.75. The molecule has 0 aliphatic heterocycles. The number of carboxylic acids is 2. The molecule has 0 fully saturated rings. The van der Waals surface area contributed by atoms with Crippen LogP contribution in [0.25, 0.3) is 0 Å². The van der Waals surface area contributed by atoms with Gasteiger partial charge in [0.25, 0.3) is 0 Å². The van der Waals surface area contributed by atoms with Crippen molar-refractivity contribution in [2.45, 2.75) is 13.8 Å². The maximum absolute atomic E-state index is 12.2. The fraction of sp³-hybridized carbons (Fsp3) is 0.111. The maximum Gasteiger partial charge on any atom is 0.346 e. The summed E-state index contributed by atoms with van der Waals surface area (Å²) in [6.07, 6.45) is 0. The van der Waals surface area contributed by atoms with E-state index in [4.69, 9.17) is 9.84 Å². The van der Waals surface area contributed by atoms with E-state index in [1.807, 2.05) is 0 Å². The molecule has 7 heteroatoms. The van der Waals surface area contributed by atoms with Gasteiger partial charge in [-0.1, -0.05) is 12.1 Å². The van der Waals surface area contributed by atoms with E-state index in [0.29, 0.717) is 5.56 Å². The molecule has 2 aromatic carbocycles. The Hall–Kier alpha value is -3.48. The summed E-state index contributed by atoms with van der Waals surface area (Å²) >= 11 is 0. The second-order valence-electron chi connectivity index (χ2n) is 5.30. The van der Waals surface area contributed by atoms with E-state index in [-0.39, 0.29) is 27.8 Å². The summed E-state index contributed by atoms with van der Waals surface area (Å²) in [7, 11) is 0. The summed E-state index contributed by atoms with van der Waals surface area (Å²) in [5.41, 5.74) is 0.352. The zero-order valence-electron chi connectivity index (χ0n) is 13.4. The van der Waals surface area contributed by atoms with Crippen molar-refractivity contribution in [3.05, 3.63) is 69.8 Å². The zero-order valence-corrected chi connectivity index (χ0v) is 13.4. The molecule has 0 saturated heterocycles. The first-order chi connectivity index (χ1) is 11.7. The number of hydrogen-bond acceptors (Lipinski definition) is 5. The molecule has 0 bridgehead atoms. The number of aryl methyl sites for hydroxylation is 1. The summed E-state index contributed by atoms with van der Waals surface area (Å²) in [5, 5.41) is 18.1. The third kappa shape index (κ3) is 3.72. The van der Waals surface area contributed by atoms with Crippen LogP contribution in [0.15, 0.2) is 36.4 Å². The van der Waals surface area contributed by atoms with Crippen molar-refractivity contribution in [3.8, 4) is 0 Å². The molecule has 7 nitrogen and oxygen atoms in total. The molecule has 25 heavy (non-hydrogen) atoms. The van der Waals surface area contributed by atoms with Gasteiger partial charge in [-0.2, -0.15) is 0 Å². The molecule has 128 valence electrons. The summed E-state index contributed by atoms with van der Waals surface area (Å²) in [5.74, 6) is -4.44. The zero-order chi connectivity index (χ0) is 18.7. The lowest BCUT2D eigenvalue weighted by atomic mass is 9.98. The number of carboxylic acid groups (broad SMARTS) is 2. The van der Waals surface area contributed by atoms with Gasteiger partial charge in [-0.25, -0.2) is 19.2 Å². The van der Waals surface area contributed by atoms with Crippen LogP contribution in [-0.4, -0.2) is 34.1 Å². The molecule has 0 aliphatic carbocycles. The second-order valence-corrected chi connectivity index (χ2v) is 5.30. The minimum Gasteiger partial charge on any atom is -0.478 e. The topological polar surface area (TPSA) is 118 Å². The molecule has 0 radical (unpaired) electrons. The van der Waals surface area contributed by atoms with Crippen molar-refractivity contribution in [1.82, 2.24) is 0 Å². The first kappa shape index (κ1) is 17.9. The third-order valence-corrected chi connectivity index (χ3v) is 3.64. The Morgan fingerprint density at radius 1 is 0.840 bits per heavy atom. The summed E-state index contributed by atoms with van der Waals surface area (Å²) in [4.78, 5) is 46.5. The van der Waals surface area contributed by atoms with Crippen LogP contribution in [0.5, 0.6) is 0 Å². The van der Waals surface area contributed by atoms with Gasteiger partial charge in [-0.3, -0.25) is 0 Å². The molecule has 2 rings (SSSR count). The minimum atomic E-state index is -1.22. The lowest BCUT2D eigenvalue weighted by molar-refractivity contribution is 0.0397. The highest BCUT2D eigenvalue weighted by atomic mass is 16.6.